The molecule has 25 heavy (non-hydrogen) atoms. The molecule has 0 saturated carbocycles. The van der Waals surface area contributed by atoms with Gasteiger partial charge in [-0.3, -0.25) is 10.4 Å². The van der Waals surface area contributed by atoms with Gasteiger partial charge in [-0.25, -0.2) is 4.79 Å². The number of rotatable bonds is 3. The number of allylic oxidation sites excluding steroid dienone is 4. The van der Waals surface area contributed by atoms with Crippen molar-refractivity contribution in [3.05, 3.63) is 65.9 Å². The molecule has 0 aliphatic heterocycles. The number of amides is 2. The minimum atomic E-state index is -0.294. The number of benzene rings is 1. The van der Waals surface area contributed by atoms with Crippen LogP contribution in [-0.4, -0.2) is 16.2 Å². The third-order valence-corrected chi connectivity index (χ3v) is 4.17. The molecule has 1 aromatic heterocycles. The molecular formula is C20H24N4O. The minimum Gasteiger partial charge on any atom is -0.308 e. The van der Waals surface area contributed by atoms with Crippen molar-refractivity contribution in [1.29, 1.82) is 0 Å². The number of nitrogens with zero attached hydrogens (tertiary/aromatic N) is 1. The van der Waals surface area contributed by atoms with E-state index in [1.54, 1.807) is 0 Å². The number of carbonyl (C=O) groups is 1. The molecule has 3 rings (SSSR count). The molecule has 0 saturated heterocycles. The fraction of sp³-hybridized carbons (Fsp3) is 0.300. The zero-order valence-corrected chi connectivity index (χ0v) is 14.8. The quantitative estimate of drug-likeness (QED) is 0.742. The molecular weight excluding hydrogens is 312 g/mol. The normalized spacial score (nSPS) is 16.7. The first-order chi connectivity index (χ1) is 11.9. The summed E-state index contributed by atoms with van der Waals surface area (Å²) in [7, 11) is 0. The Bertz CT molecular complexity index is 794. The number of urea groups is 1. The van der Waals surface area contributed by atoms with Gasteiger partial charge < -0.3 is 5.32 Å². The number of aromatic amines is 1. The van der Waals surface area contributed by atoms with Crippen LogP contribution in [0.5, 0.6) is 0 Å². The Hall–Kier alpha value is -2.82. The van der Waals surface area contributed by atoms with Crippen LogP contribution < -0.4 is 10.6 Å². The van der Waals surface area contributed by atoms with E-state index in [-0.39, 0.29) is 11.4 Å². The summed E-state index contributed by atoms with van der Waals surface area (Å²) in [5, 5.41) is 12.7. The smallest absolute Gasteiger partial charge is 0.308 e. The topological polar surface area (TPSA) is 69.8 Å². The Morgan fingerprint density at radius 2 is 1.92 bits per heavy atom. The Labute approximate surface area is 148 Å². The van der Waals surface area contributed by atoms with Gasteiger partial charge in [-0.1, -0.05) is 57.2 Å². The predicted octanol–water partition coefficient (Wildman–Crippen LogP) is 4.95. The van der Waals surface area contributed by atoms with E-state index in [0.717, 1.165) is 17.8 Å². The van der Waals surface area contributed by atoms with Gasteiger partial charge in [0.25, 0.3) is 0 Å². The van der Waals surface area contributed by atoms with E-state index in [4.69, 9.17) is 0 Å². The van der Waals surface area contributed by atoms with E-state index in [1.807, 2.05) is 18.2 Å². The molecule has 1 heterocycles. The first-order valence-electron chi connectivity index (χ1n) is 8.49. The molecule has 1 aromatic carbocycles. The van der Waals surface area contributed by atoms with Crippen molar-refractivity contribution < 1.29 is 4.79 Å². The van der Waals surface area contributed by atoms with E-state index in [1.165, 1.54) is 5.56 Å². The molecule has 0 fully saturated rings. The highest BCUT2D eigenvalue weighted by molar-refractivity contribution is 5.99. The van der Waals surface area contributed by atoms with E-state index < -0.39 is 0 Å². The number of anilines is 2. The maximum Gasteiger partial charge on any atom is 0.324 e. The van der Waals surface area contributed by atoms with Crippen molar-refractivity contribution in [2.75, 3.05) is 10.6 Å². The highest BCUT2D eigenvalue weighted by atomic mass is 16.2. The fourth-order valence-corrected chi connectivity index (χ4v) is 2.70. The highest BCUT2D eigenvalue weighted by Crippen LogP contribution is 2.26. The van der Waals surface area contributed by atoms with Gasteiger partial charge in [0.15, 0.2) is 0 Å². The number of H-pyrrole nitrogens is 1. The number of hydrogen-bond acceptors (Lipinski definition) is 2. The van der Waals surface area contributed by atoms with E-state index >= 15 is 0 Å². The second kappa shape index (κ2) is 6.97. The molecule has 1 unspecified atom stereocenters. The first kappa shape index (κ1) is 17.0. The van der Waals surface area contributed by atoms with Gasteiger partial charge in [-0.2, -0.15) is 5.10 Å². The van der Waals surface area contributed by atoms with Crippen molar-refractivity contribution in [3.8, 4) is 0 Å². The van der Waals surface area contributed by atoms with E-state index in [2.05, 4.69) is 78.0 Å². The van der Waals surface area contributed by atoms with Gasteiger partial charge in [0, 0.05) is 23.1 Å². The molecule has 2 aromatic rings. The molecule has 2 amide bonds. The Morgan fingerprint density at radius 1 is 1.16 bits per heavy atom. The second-order valence-electron chi connectivity index (χ2n) is 7.27. The van der Waals surface area contributed by atoms with Gasteiger partial charge >= 0.3 is 6.03 Å². The van der Waals surface area contributed by atoms with Gasteiger partial charge in [-0.15, -0.1) is 0 Å². The highest BCUT2D eigenvalue weighted by Gasteiger charge is 2.18. The lowest BCUT2D eigenvalue weighted by Crippen LogP contribution is -2.19. The Kier molecular flexibility index (Phi) is 4.74. The average molecular weight is 336 g/mol. The Morgan fingerprint density at radius 3 is 2.52 bits per heavy atom. The lowest BCUT2D eigenvalue weighted by molar-refractivity contribution is 0.262. The van der Waals surface area contributed by atoms with Crippen LogP contribution in [0.15, 0.2) is 54.6 Å². The van der Waals surface area contributed by atoms with Crippen molar-refractivity contribution >= 4 is 17.5 Å². The molecule has 130 valence electrons. The van der Waals surface area contributed by atoms with E-state index in [9.17, 15) is 4.79 Å². The number of carbonyl (C=O) groups excluding carboxylic acids is 1. The number of hydrogen-bond donors (Lipinski definition) is 3. The Balaban J connectivity index is 1.58. The summed E-state index contributed by atoms with van der Waals surface area (Å²) in [6, 6.07) is 9.52. The molecule has 1 aliphatic rings. The van der Waals surface area contributed by atoms with Gasteiger partial charge in [0.1, 0.15) is 5.82 Å². The average Bonchev–Trinajstić information content (AvgIpc) is 3.05. The molecule has 5 nitrogen and oxygen atoms in total. The first-order valence-corrected chi connectivity index (χ1v) is 8.49. The summed E-state index contributed by atoms with van der Waals surface area (Å²) in [4.78, 5) is 12.1. The van der Waals surface area contributed by atoms with Crippen molar-refractivity contribution in [2.45, 2.75) is 38.5 Å². The third kappa shape index (κ3) is 4.38. The van der Waals surface area contributed by atoms with E-state index in [0.29, 0.717) is 11.7 Å². The summed E-state index contributed by atoms with van der Waals surface area (Å²) < 4.78 is 0. The summed E-state index contributed by atoms with van der Waals surface area (Å²) >= 11 is 0. The zero-order chi connectivity index (χ0) is 17.9. The molecule has 1 atom stereocenters. The summed E-state index contributed by atoms with van der Waals surface area (Å²) in [6.45, 7) is 6.23. The van der Waals surface area contributed by atoms with Crippen LogP contribution in [-0.2, 0) is 5.41 Å². The second-order valence-corrected chi connectivity index (χ2v) is 7.27. The minimum absolute atomic E-state index is 0.0640. The number of aromatic nitrogens is 2. The SMILES string of the molecule is CC(C)(C)c1cc(NC(=O)Nc2ccc(C3C=CC=CC3)cc2)[nH]n1. The van der Waals surface area contributed by atoms with Crippen LogP contribution in [0, 0.1) is 0 Å². The van der Waals surface area contributed by atoms with Gasteiger partial charge in [0.05, 0.1) is 5.69 Å². The standard InChI is InChI=1S/C20H24N4O/c1-20(2,3)17-13-18(24-23-17)22-19(25)21-16-11-9-15(10-12-16)14-7-5-4-6-8-14/h4-7,9-14H,8H2,1-3H3,(H3,21,22,23,24,25). The largest absolute Gasteiger partial charge is 0.324 e. The lowest BCUT2D eigenvalue weighted by atomic mass is 9.92. The molecule has 0 spiro atoms. The summed E-state index contributed by atoms with van der Waals surface area (Å²) in [5.74, 6) is 0.992. The molecule has 3 N–H and O–H groups in total. The predicted molar refractivity (Wildman–Crippen MR) is 102 cm³/mol. The van der Waals surface area contributed by atoms with Crippen molar-refractivity contribution in [1.82, 2.24) is 10.2 Å². The van der Waals surface area contributed by atoms with Crippen molar-refractivity contribution in [3.63, 3.8) is 0 Å². The maximum absolute atomic E-state index is 12.1. The van der Waals surface area contributed by atoms with Crippen LogP contribution in [0.25, 0.3) is 0 Å². The zero-order valence-electron chi connectivity index (χ0n) is 14.8. The van der Waals surface area contributed by atoms with Crippen LogP contribution >= 0.6 is 0 Å². The van der Waals surface area contributed by atoms with Crippen LogP contribution in [0.1, 0.15) is 44.4 Å². The monoisotopic (exact) mass is 336 g/mol. The van der Waals surface area contributed by atoms with Crippen LogP contribution in [0.4, 0.5) is 16.3 Å². The maximum atomic E-state index is 12.1. The lowest BCUT2D eigenvalue weighted by Gasteiger charge is -2.14. The van der Waals surface area contributed by atoms with Crippen LogP contribution in [0.2, 0.25) is 0 Å². The summed E-state index contributed by atoms with van der Waals surface area (Å²) in [5.41, 5.74) is 2.84. The fourth-order valence-electron chi connectivity index (χ4n) is 2.70. The molecule has 0 bridgehead atoms. The van der Waals surface area contributed by atoms with Crippen molar-refractivity contribution in [2.24, 2.45) is 0 Å². The number of nitrogens with one attached hydrogen (secondary N) is 3. The molecule has 5 heteroatoms. The third-order valence-electron chi connectivity index (χ3n) is 4.17. The van der Waals surface area contributed by atoms with Gasteiger partial charge in [0.2, 0.25) is 0 Å². The molecule has 0 radical (unpaired) electrons. The summed E-state index contributed by atoms with van der Waals surface area (Å²) in [6.07, 6.45) is 9.52. The van der Waals surface area contributed by atoms with Gasteiger partial charge in [-0.05, 0) is 24.1 Å². The molecule has 1 aliphatic carbocycles. The van der Waals surface area contributed by atoms with Crippen LogP contribution in [0.3, 0.4) is 0 Å².